The summed E-state index contributed by atoms with van der Waals surface area (Å²) in [6, 6.07) is 17.6. The van der Waals surface area contributed by atoms with Crippen molar-refractivity contribution in [2.45, 2.75) is 6.61 Å². The minimum absolute atomic E-state index is 0.466. The molecule has 0 bridgehead atoms. The molecule has 0 aliphatic rings. The first-order valence-corrected chi connectivity index (χ1v) is 8.26. The van der Waals surface area contributed by atoms with E-state index in [9.17, 15) is 0 Å². The lowest BCUT2D eigenvalue weighted by Gasteiger charge is -2.12. The monoisotopic (exact) mass is 337 g/mol. The van der Waals surface area contributed by atoms with E-state index in [-0.39, 0.29) is 0 Å². The van der Waals surface area contributed by atoms with Gasteiger partial charge in [0.15, 0.2) is 0 Å². The van der Waals surface area contributed by atoms with E-state index in [1.165, 1.54) is 0 Å². The predicted molar refractivity (Wildman–Crippen MR) is 101 cm³/mol. The summed E-state index contributed by atoms with van der Waals surface area (Å²) in [6.45, 7) is 1.99. The van der Waals surface area contributed by atoms with Crippen LogP contribution in [0.2, 0.25) is 0 Å². The molecule has 5 heteroatoms. The summed E-state index contributed by atoms with van der Waals surface area (Å²) in [6.07, 6.45) is 0. The molecule has 0 fully saturated rings. The molecule has 0 aliphatic carbocycles. The van der Waals surface area contributed by atoms with Gasteiger partial charge in [0.2, 0.25) is 0 Å². The smallest absolute Gasteiger partial charge is 0.124 e. The number of pyridine rings is 1. The van der Waals surface area contributed by atoms with Gasteiger partial charge >= 0.3 is 0 Å². The van der Waals surface area contributed by atoms with Crippen LogP contribution in [0.25, 0.3) is 10.9 Å². The van der Waals surface area contributed by atoms with E-state index in [1.54, 1.807) is 6.07 Å². The van der Waals surface area contributed by atoms with E-state index in [0.29, 0.717) is 19.0 Å². The number of hydrogen-bond donors (Lipinski definition) is 1. The highest BCUT2D eigenvalue weighted by Gasteiger charge is 2.02. The Morgan fingerprint density at radius 1 is 0.960 bits per heavy atom. The molecule has 2 N–H and O–H groups in total. The summed E-state index contributed by atoms with van der Waals surface area (Å²) < 4.78 is 11.6. The van der Waals surface area contributed by atoms with Crippen LogP contribution in [0, 0.1) is 0 Å². The first-order valence-electron chi connectivity index (χ1n) is 8.26. The van der Waals surface area contributed by atoms with Gasteiger partial charge in [-0.05, 0) is 50.0 Å². The Bertz CT molecular complexity index is 849. The number of nitrogens with two attached hydrogens (primary N) is 1. The van der Waals surface area contributed by atoms with Crippen molar-refractivity contribution < 1.29 is 9.47 Å². The summed E-state index contributed by atoms with van der Waals surface area (Å²) in [5, 5.41) is 1.06. The van der Waals surface area contributed by atoms with E-state index >= 15 is 0 Å². The zero-order valence-electron chi connectivity index (χ0n) is 14.6. The lowest BCUT2D eigenvalue weighted by atomic mass is 10.1. The molecule has 1 aromatic heterocycles. The Balaban J connectivity index is 1.63. The third kappa shape index (κ3) is 4.84. The number of aromatic nitrogens is 1. The topological polar surface area (TPSA) is 60.6 Å². The summed E-state index contributed by atoms with van der Waals surface area (Å²) >= 11 is 0. The van der Waals surface area contributed by atoms with Gasteiger partial charge in [-0.1, -0.05) is 18.2 Å². The highest BCUT2D eigenvalue weighted by Crippen LogP contribution is 2.21. The molecule has 1 heterocycles. The lowest BCUT2D eigenvalue weighted by molar-refractivity contribution is 0.258. The second-order valence-electron chi connectivity index (χ2n) is 6.18. The fourth-order valence-electron chi connectivity index (χ4n) is 2.43. The minimum Gasteiger partial charge on any atom is -0.492 e. The largest absolute Gasteiger partial charge is 0.492 e. The van der Waals surface area contributed by atoms with Gasteiger partial charge in [0.25, 0.3) is 0 Å². The molecule has 0 amide bonds. The fraction of sp³-hybridized carbons (Fsp3) is 0.250. The average molecular weight is 337 g/mol. The normalized spacial score (nSPS) is 11.0. The molecule has 3 aromatic rings. The summed E-state index contributed by atoms with van der Waals surface area (Å²) in [5.41, 5.74) is 7.68. The molecule has 0 atom stereocenters. The number of nitrogens with zero attached hydrogens (tertiary/aromatic N) is 2. The SMILES string of the molecule is CN(C)CCOc1cccc(OCc2ccc3ccc(N)nc3c2)c1. The lowest BCUT2D eigenvalue weighted by Crippen LogP contribution is -2.19. The third-order valence-corrected chi connectivity index (χ3v) is 3.80. The van der Waals surface area contributed by atoms with Crippen LogP contribution in [-0.2, 0) is 6.61 Å². The Hall–Kier alpha value is -2.79. The Morgan fingerprint density at radius 2 is 1.72 bits per heavy atom. The highest BCUT2D eigenvalue weighted by atomic mass is 16.5. The van der Waals surface area contributed by atoms with Crippen molar-refractivity contribution in [2.75, 3.05) is 33.0 Å². The van der Waals surface area contributed by atoms with E-state index in [2.05, 4.69) is 9.88 Å². The van der Waals surface area contributed by atoms with Crippen molar-refractivity contribution in [2.24, 2.45) is 0 Å². The second-order valence-corrected chi connectivity index (χ2v) is 6.18. The predicted octanol–water partition coefficient (Wildman–Crippen LogP) is 3.34. The number of likely N-dealkylation sites (N-methyl/N-ethyl adjacent to an activating group) is 1. The van der Waals surface area contributed by atoms with Gasteiger partial charge in [-0.2, -0.15) is 0 Å². The fourth-order valence-corrected chi connectivity index (χ4v) is 2.43. The molecule has 2 aromatic carbocycles. The highest BCUT2D eigenvalue weighted by molar-refractivity contribution is 5.80. The molecule has 0 saturated carbocycles. The van der Waals surface area contributed by atoms with Crippen LogP contribution in [0.4, 0.5) is 5.82 Å². The molecular formula is C20H23N3O2. The van der Waals surface area contributed by atoms with Crippen LogP contribution in [-0.4, -0.2) is 37.1 Å². The standard InChI is InChI=1S/C20H23N3O2/c1-23(2)10-11-24-17-4-3-5-18(13-17)25-14-15-6-7-16-8-9-20(21)22-19(16)12-15/h3-9,12-13H,10-11,14H2,1-2H3,(H2,21,22). The number of anilines is 1. The van der Waals surface area contributed by atoms with Crippen molar-refractivity contribution in [3.05, 3.63) is 60.2 Å². The van der Waals surface area contributed by atoms with Gasteiger partial charge in [0.05, 0.1) is 5.52 Å². The molecule has 0 unspecified atom stereocenters. The molecule has 5 nitrogen and oxygen atoms in total. The number of ether oxygens (including phenoxy) is 2. The van der Waals surface area contributed by atoms with Gasteiger partial charge in [-0.25, -0.2) is 4.98 Å². The Labute approximate surface area is 148 Å². The van der Waals surface area contributed by atoms with E-state index in [0.717, 1.165) is 34.5 Å². The second kappa shape index (κ2) is 7.85. The van der Waals surface area contributed by atoms with Gasteiger partial charge in [-0.15, -0.1) is 0 Å². The Kier molecular flexibility index (Phi) is 5.36. The molecular weight excluding hydrogens is 314 g/mol. The van der Waals surface area contributed by atoms with Gasteiger partial charge < -0.3 is 20.1 Å². The summed E-state index contributed by atoms with van der Waals surface area (Å²) in [5.74, 6) is 2.11. The van der Waals surface area contributed by atoms with Crippen LogP contribution in [0.5, 0.6) is 11.5 Å². The maximum atomic E-state index is 5.89. The first kappa shape index (κ1) is 17.0. The van der Waals surface area contributed by atoms with E-state index in [1.807, 2.05) is 62.6 Å². The quantitative estimate of drug-likeness (QED) is 0.716. The van der Waals surface area contributed by atoms with Crippen molar-refractivity contribution in [3.8, 4) is 11.5 Å². The minimum atomic E-state index is 0.466. The molecule has 0 aliphatic heterocycles. The number of benzene rings is 2. The van der Waals surface area contributed by atoms with Gasteiger partial charge in [0, 0.05) is 18.0 Å². The molecule has 130 valence electrons. The molecule has 0 spiro atoms. The van der Waals surface area contributed by atoms with Gasteiger partial charge in [0.1, 0.15) is 30.5 Å². The molecule has 3 rings (SSSR count). The number of fused-ring (bicyclic) bond motifs is 1. The van der Waals surface area contributed by atoms with Crippen LogP contribution in [0.15, 0.2) is 54.6 Å². The van der Waals surface area contributed by atoms with Crippen molar-refractivity contribution in [1.29, 1.82) is 0 Å². The van der Waals surface area contributed by atoms with E-state index < -0.39 is 0 Å². The van der Waals surface area contributed by atoms with Gasteiger partial charge in [-0.3, -0.25) is 0 Å². The van der Waals surface area contributed by atoms with Crippen molar-refractivity contribution in [1.82, 2.24) is 9.88 Å². The molecule has 25 heavy (non-hydrogen) atoms. The maximum absolute atomic E-state index is 5.89. The third-order valence-electron chi connectivity index (χ3n) is 3.80. The zero-order chi connectivity index (χ0) is 17.6. The zero-order valence-corrected chi connectivity index (χ0v) is 14.6. The summed E-state index contributed by atoms with van der Waals surface area (Å²) in [4.78, 5) is 6.44. The molecule has 0 saturated heterocycles. The van der Waals surface area contributed by atoms with Crippen LogP contribution in [0.3, 0.4) is 0 Å². The maximum Gasteiger partial charge on any atom is 0.124 e. The first-order chi connectivity index (χ1) is 12.1. The van der Waals surface area contributed by atoms with E-state index in [4.69, 9.17) is 15.2 Å². The van der Waals surface area contributed by atoms with Crippen LogP contribution in [0.1, 0.15) is 5.56 Å². The Morgan fingerprint density at radius 3 is 2.52 bits per heavy atom. The van der Waals surface area contributed by atoms with Crippen molar-refractivity contribution in [3.63, 3.8) is 0 Å². The number of hydrogen-bond acceptors (Lipinski definition) is 5. The average Bonchev–Trinajstić information content (AvgIpc) is 2.59. The van der Waals surface area contributed by atoms with Crippen LogP contribution >= 0.6 is 0 Å². The number of nitrogen functional groups attached to an aromatic ring is 1. The van der Waals surface area contributed by atoms with Crippen LogP contribution < -0.4 is 15.2 Å². The summed E-state index contributed by atoms with van der Waals surface area (Å²) in [7, 11) is 4.05. The molecule has 0 radical (unpaired) electrons. The van der Waals surface area contributed by atoms with Crippen molar-refractivity contribution >= 4 is 16.7 Å². The number of rotatable bonds is 7.